The van der Waals surface area contributed by atoms with E-state index in [1.807, 2.05) is 24.4 Å². The summed E-state index contributed by atoms with van der Waals surface area (Å²) in [7, 11) is 0. The molecule has 3 rings (SSSR count). The van der Waals surface area contributed by atoms with Crippen LogP contribution in [0.3, 0.4) is 0 Å². The number of thiophene rings is 1. The summed E-state index contributed by atoms with van der Waals surface area (Å²) in [5.41, 5.74) is 0.817. The first-order chi connectivity index (χ1) is 12.0. The molecule has 0 radical (unpaired) electrons. The molecule has 0 aliphatic heterocycles. The zero-order valence-corrected chi connectivity index (χ0v) is 15.7. The van der Waals surface area contributed by atoms with Crippen LogP contribution >= 0.6 is 34.5 Å². The Hall–Kier alpha value is -1.89. The number of aryl methyl sites for hydroxylation is 1. The number of hydrogen-bond donors (Lipinski definition) is 1. The molecule has 1 aromatic carbocycles. The average molecular weight is 396 g/mol. The fourth-order valence-electron chi connectivity index (χ4n) is 2.33. The van der Waals surface area contributed by atoms with E-state index >= 15 is 0 Å². The van der Waals surface area contributed by atoms with Gasteiger partial charge in [-0.15, -0.1) is 11.3 Å². The number of amides is 1. The smallest absolute Gasteiger partial charge is 0.227 e. The number of nitrogens with one attached hydrogen (secondary N) is 1. The van der Waals surface area contributed by atoms with E-state index in [0.717, 1.165) is 10.4 Å². The molecule has 0 aliphatic carbocycles. The van der Waals surface area contributed by atoms with Crippen LogP contribution in [0, 0.1) is 0 Å². The predicted molar refractivity (Wildman–Crippen MR) is 99.0 cm³/mol. The van der Waals surface area contributed by atoms with Crippen molar-refractivity contribution in [3.05, 3.63) is 57.2 Å². The summed E-state index contributed by atoms with van der Waals surface area (Å²) >= 11 is 13.6. The van der Waals surface area contributed by atoms with Gasteiger partial charge in [-0.25, -0.2) is 0 Å². The second kappa shape index (κ2) is 7.99. The van der Waals surface area contributed by atoms with Gasteiger partial charge in [0, 0.05) is 22.9 Å². The molecule has 3 aromatic rings. The Morgan fingerprint density at radius 2 is 2.20 bits per heavy atom. The van der Waals surface area contributed by atoms with Gasteiger partial charge in [0.25, 0.3) is 0 Å². The Balaban J connectivity index is 1.54. The Morgan fingerprint density at radius 3 is 2.92 bits per heavy atom. The predicted octanol–water partition coefficient (Wildman–Crippen LogP) is 4.91. The van der Waals surface area contributed by atoms with Gasteiger partial charge in [-0.1, -0.05) is 40.5 Å². The highest BCUT2D eigenvalue weighted by molar-refractivity contribution is 7.13. The molecule has 2 heterocycles. The zero-order chi connectivity index (χ0) is 17.8. The van der Waals surface area contributed by atoms with Crippen LogP contribution in [0.25, 0.3) is 10.7 Å². The van der Waals surface area contributed by atoms with Crippen LogP contribution in [0.5, 0.6) is 0 Å². The van der Waals surface area contributed by atoms with Gasteiger partial charge in [-0.05, 0) is 36.1 Å². The summed E-state index contributed by atoms with van der Waals surface area (Å²) in [5.74, 6) is 0.872. The van der Waals surface area contributed by atoms with Crippen LogP contribution in [-0.4, -0.2) is 16.0 Å². The molecule has 1 atom stereocenters. The monoisotopic (exact) mass is 395 g/mol. The average Bonchev–Trinajstić information content (AvgIpc) is 3.24. The third kappa shape index (κ3) is 4.60. The topological polar surface area (TPSA) is 68.0 Å². The third-order valence-corrected chi connectivity index (χ3v) is 5.01. The molecular formula is C17H15Cl2N3O2S. The minimum atomic E-state index is -0.221. The summed E-state index contributed by atoms with van der Waals surface area (Å²) in [5, 5.41) is 9.87. The van der Waals surface area contributed by atoms with E-state index in [1.165, 1.54) is 11.3 Å². The number of nitrogens with zero attached hydrogens (tertiary/aromatic N) is 2. The lowest BCUT2D eigenvalue weighted by molar-refractivity contribution is -0.121. The molecule has 0 bridgehead atoms. The highest BCUT2D eigenvalue weighted by atomic mass is 35.5. The van der Waals surface area contributed by atoms with E-state index in [0.29, 0.717) is 28.2 Å². The number of carbonyl (C=O) groups excluding carboxylic acids is 1. The number of aromatic nitrogens is 2. The lowest BCUT2D eigenvalue weighted by Crippen LogP contribution is -2.27. The van der Waals surface area contributed by atoms with Crippen LogP contribution < -0.4 is 5.32 Å². The maximum atomic E-state index is 12.1. The fourth-order valence-corrected chi connectivity index (χ4v) is 3.55. The highest BCUT2D eigenvalue weighted by Crippen LogP contribution is 2.26. The van der Waals surface area contributed by atoms with E-state index in [2.05, 4.69) is 15.5 Å². The fraction of sp³-hybridized carbons (Fsp3) is 0.235. The van der Waals surface area contributed by atoms with Crippen LogP contribution in [0.15, 0.2) is 40.2 Å². The molecule has 1 amide bonds. The third-order valence-electron chi connectivity index (χ3n) is 3.58. The van der Waals surface area contributed by atoms with E-state index in [9.17, 15) is 4.79 Å². The first-order valence-corrected chi connectivity index (χ1v) is 9.27. The molecule has 8 heteroatoms. The molecule has 130 valence electrons. The van der Waals surface area contributed by atoms with Crippen molar-refractivity contribution < 1.29 is 9.32 Å². The first kappa shape index (κ1) is 17.9. The van der Waals surface area contributed by atoms with Crippen molar-refractivity contribution in [2.75, 3.05) is 0 Å². The van der Waals surface area contributed by atoms with Crippen molar-refractivity contribution in [3.63, 3.8) is 0 Å². The molecule has 1 N–H and O–H groups in total. The summed E-state index contributed by atoms with van der Waals surface area (Å²) < 4.78 is 5.19. The minimum absolute atomic E-state index is 0.116. The Labute approximate surface area is 159 Å². The minimum Gasteiger partial charge on any atom is -0.350 e. The molecule has 5 nitrogen and oxygen atoms in total. The summed E-state index contributed by atoms with van der Waals surface area (Å²) in [6, 6.07) is 8.83. The lowest BCUT2D eigenvalue weighted by Gasteiger charge is -2.15. The van der Waals surface area contributed by atoms with Gasteiger partial charge >= 0.3 is 0 Å². The normalized spacial score (nSPS) is 12.1. The van der Waals surface area contributed by atoms with Crippen molar-refractivity contribution in [2.45, 2.75) is 25.8 Å². The maximum absolute atomic E-state index is 12.1. The summed E-state index contributed by atoms with van der Waals surface area (Å²) in [6.45, 7) is 1.87. The van der Waals surface area contributed by atoms with E-state index in [1.54, 1.807) is 18.2 Å². The molecule has 25 heavy (non-hydrogen) atoms. The van der Waals surface area contributed by atoms with Gasteiger partial charge in [-0.2, -0.15) is 4.98 Å². The van der Waals surface area contributed by atoms with Gasteiger partial charge < -0.3 is 9.84 Å². The lowest BCUT2D eigenvalue weighted by atomic mass is 10.1. The van der Waals surface area contributed by atoms with Crippen LogP contribution in [0.4, 0.5) is 0 Å². The number of hydrogen-bond acceptors (Lipinski definition) is 5. The van der Waals surface area contributed by atoms with Gasteiger partial charge in [0.15, 0.2) is 0 Å². The molecule has 0 spiro atoms. The van der Waals surface area contributed by atoms with Gasteiger partial charge in [-0.3, -0.25) is 4.79 Å². The number of carbonyl (C=O) groups is 1. The maximum Gasteiger partial charge on any atom is 0.227 e. The van der Waals surface area contributed by atoms with Gasteiger partial charge in [0.1, 0.15) is 0 Å². The number of halogens is 2. The Kier molecular flexibility index (Phi) is 5.73. The van der Waals surface area contributed by atoms with Crippen LogP contribution in [-0.2, 0) is 11.2 Å². The zero-order valence-electron chi connectivity index (χ0n) is 13.3. The summed E-state index contributed by atoms with van der Waals surface area (Å²) in [4.78, 5) is 17.4. The van der Waals surface area contributed by atoms with Crippen LogP contribution in [0.1, 0.15) is 30.8 Å². The number of benzene rings is 1. The second-order valence-corrected chi connectivity index (χ2v) is 7.24. The molecule has 1 unspecified atom stereocenters. The standard InChI is InChI=1S/C17H15Cl2N3O2S/c1-10(12-5-4-11(18)9-13(12)19)20-15(23)6-7-16-21-17(22-24-16)14-3-2-8-25-14/h2-5,8-10H,6-7H2,1H3,(H,20,23). The van der Waals surface area contributed by atoms with Crippen molar-refractivity contribution in [3.8, 4) is 10.7 Å². The molecule has 0 aliphatic rings. The molecule has 0 saturated carbocycles. The van der Waals surface area contributed by atoms with E-state index in [4.69, 9.17) is 27.7 Å². The first-order valence-electron chi connectivity index (χ1n) is 7.63. The SMILES string of the molecule is CC(NC(=O)CCc1nc(-c2cccs2)no1)c1ccc(Cl)cc1Cl. The van der Waals surface area contributed by atoms with E-state index in [-0.39, 0.29) is 18.4 Å². The summed E-state index contributed by atoms with van der Waals surface area (Å²) in [6.07, 6.45) is 0.632. The van der Waals surface area contributed by atoms with Crippen molar-refractivity contribution in [1.29, 1.82) is 0 Å². The van der Waals surface area contributed by atoms with Gasteiger partial charge in [0.2, 0.25) is 17.6 Å². The molecular weight excluding hydrogens is 381 g/mol. The highest BCUT2D eigenvalue weighted by Gasteiger charge is 2.15. The molecule has 0 fully saturated rings. The quantitative estimate of drug-likeness (QED) is 0.643. The Morgan fingerprint density at radius 1 is 1.36 bits per heavy atom. The van der Waals surface area contributed by atoms with Gasteiger partial charge in [0.05, 0.1) is 10.9 Å². The number of rotatable bonds is 6. The largest absolute Gasteiger partial charge is 0.350 e. The van der Waals surface area contributed by atoms with Crippen molar-refractivity contribution in [2.24, 2.45) is 0 Å². The van der Waals surface area contributed by atoms with E-state index < -0.39 is 0 Å². The molecule has 2 aromatic heterocycles. The Bertz CT molecular complexity index is 865. The van der Waals surface area contributed by atoms with Crippen molar-refractivity contribution >= 4 is 40.4 Å². The molecule has 0 saturated heterocycles. The van der Waals surface area contributed by atoms with Crippen LogP contribution in [0.2, 0.25) is 10.0 Å². The second-order valence-electron chi connectivity index (χ2n) is 5.44. The van der Waals surface area contributed by atoms with Crippen molar-refractivity contribution in [1.82, 2.24) is 15.5 Å².